The SMILES string of the molecule is CCCCC=CC(=O)OCC. The molecule has 2 nitrogen and oxygen atoms in total. The molecule has 0 aromatic carbocycles. The van der Waals surface area contributed by atoms with E-state index in [1.807, 2.05) is 6.08 Å². The molecule has 0 N–H and O–H groups in total. The maximum atomic E-state index is 10.7. The van der Waals surface area contributed by atoms with Crippen molar-refractivity contribution >= 4 is 5.97 Å². The van der Waals surface area contributed by atoms with Crippen molar-refractivity contribution in [3.8, 4) is 0 Å². The molecule has 64 valence electrons. The molecule has 2 heteroatoms. The first-order valence-corrected chi connectivity index (χ1v) is 4.14. The van der Waals surface area contributed by atoms with Gasteiger partial charge in [0.1, 0.15) is 0 Å². The molecule has 0 spiro atoms. The van der Waals surface area contributed by atoms with Crippen LogP contribution in [0.5, 0.6) is 0 Å². The molecule has 0 atom stereocenters. The molecule has 0 unspecified atom stereocenters. The number of hydrogen-bond acceptors (Lipinski definition) is 2. The minimum atomic E-state index is -0.233. The summed E-state index contributed by atoms with van der Waals surface area (Å²) < 4.78 is 4.70. The Kier molecular flexibility index (Phi) is 6.79. The van der Waals surface area contributed by atoms with Crippen molar-refractivity contribution in [2.45, 2.75) is 33.1 Å². The summed E-state index contributed by atoms with van der Waals surface area (Å²) in [6, 6.07) is 0. The van der Waals surface area contributed by atoms with Crippen LogP contribution >= 0.6 is 0 Å². The standard InChI is InChI=1S/C9H16O2/c1-3-5-6-7-8-9(10)11-4-2/h7-8H,3-6H2,1-2H3. The number of rotatable bonds is 5. The van der Waals surface area contributed by atoms with Gasteiger partial charge < -0.3 is 4.74 Å². The number of esters is 1. The maximum Gasteiger partial charge on any atom is 0.330 e. The van der Waals surface area contributed by atoms with Crippen molar-refractivity contribution in [2.75, 3.05) is 6.61 Å². The van der Waals surface area contributed by atoms with E-state index in [4.69, 9.17) is 4.74 Å². The zero-order valence-electron chi connectivity index (χ0n) is 7.30. The number of allylic oxidation sites excluding steroid dienone is 1. The van der Waals surface area contributed by atoms with Crippen LogP contribution in [0.4, 0.5) is 0 Å². The van der Waals surface area contributed by atoms with Crippen molar-refractivity contribution in [2.24, 2.45) is 0 Å². The van der Waals surface area contributed by atoms with Crippen LogP contribution in [0, 0.1) is 0 Å². The number of hydrogen-bond donors (Lipinski definition) is 0. The Morgan fingerprint density at radius 2 is 2.18 bits per heavy atom. The number of carbonyl (C=O) groups is 1. The summed E-state index contributed by atoms with van der Waals surface area (Å²) in [6.07, 6.45) is 6.62. The van der Waals surface area contributed by atoms with Crippen LogP contribution in [0.15, 0.2) is 12.2 Å². The molecule has 0 saturated heterocycles. The fraction of sp³-hybridized carbons (Fsp3) is 0.667. The van der Waals surface area contributed by atoms with E-state index in [1.165, 1.54) is 6.08 Å². The van der Waals surface area contributed by atoms with E-state index in [-0.39, 0.29) is 5.97 Å². The molecule has 11 heavy (non-hydrogen) atoms. The van der Waals surface area contributed by atoms with Gasteiger partial charge in [0.2, 0.25) is 0 Å². The molecule has 0 aliphatic carbocycles. The summed E-state index contributed by atoms with van der Waals surface area (Å²) >= 11 is 0. The first-order chi connectivity index (χ1) is 5.31. The Labute approximate surface area is 68.2 Å². The topological polar surface area (TPSA) is 26.3 Å². The minimum Gasteiger partial charge on any atom is -0.463 e. The van der Waals surface area contributed by atoms with Gasteiger partial charge >= 0.3 is 5.97 Å². The molecule has 0 radical (unpaired) electrons. The van der Waals surface area contributed by atoms with E-state index < -0.39 is 0 Å². The van der Waals surface area contributed by atoms with Crippen LogP contribution in [0.3, 0.4) is 0 Å². The smallest absolute Gasteiger partial charge is 0.330 e. The molecule has 0 aliphatic rings. The second kappa shape index (κ2) is 7.32. The summed E-state index contributed by atoms with van der Waals surface area (Å²) in [5.41, 5.74) is 0. The summed E-state index contributed by atoms with van der Waals surface area (Å²) in [5, 5.41) is 0. The molecule has 0 aromatic rings. The maximum absolute atomic E-state index is 10.7. The van der Waals surface area contributed by atoms with Crippen LogP contribution in [0.2, 0.25) is 0 Å². The molecule has 0 heterocycles. The predicted molar refractivity (Wildman–Crippen MR) is 45.3 cm³/mol. The van der Waals surface area contributed by atoms with Gasteiger partial charge in [0.25, 0.3) is 0 Å². The van der Waals surface area contributed by atoms with Crippen LogP contribution in [-0.2, 0) is 9.53 Å². The van der Waals surface area contributed by atoms with Crippen LogP contribution < -0.4 is 0 Å². The highest BCUT2D eigenvalue weighted by molar-refractivity contribution is 5.81. The molecule has 0 fully saturated rings. The van der Waals surface area contributed by atoms with Gasteiger partial charge in [-0.05, 0) is 13.3 Å². The van der Waals surface area contributed by atoms with Gasteiger partial charge in [0.05, 0.1) is 6.61 Å². The van der Waals surface area contributed by atoms with Gasteiger partial charge in [0, 0.05) is 6.08 Å². The van der Waals surface area contributed by atoms with E-state index in [0.717, 1.165) is 19.3 Å². The third-order valence-electron chi connectivity index (χ3n) is 1.26. The first-order valence-electron chi connectivity index (χ1n) is 4.14. The summed E-state index contributed by atoms with van der Waals surface area (Å²) in [6.45, 7) is 4.38. The lowest BCUT2D eigenvalue weighted by molar-refractivity contribution is -0.137. The molecule has 0 amide bonds. The lowest BCUT2D eigenvalue weighted by Crippen LogP contribution is -1.98. The van der Waals surface area contributed by atoms with Gasteiger partial charge in [-0.15, -0.1) is 0 Å². The Morgan fingerprint density at radius 3 is 2.73 bits per heavy atom. The number of carbonyl (C=O) groups excluding carboxylic acids is 1. The van der Waals surface area contributed by atoms with E-state index in [1.54, 1.807) is 6.92 Å². The first kappa shape index (κ1) is 10.2. The normalized spacial score (nSPS) is 10.4. The van der Waals surface area contributed by atoms with Gasteiger partial charge in [-0.1, -0.05) is 25.8 Å². The van der Waals surface area contributed by atoms with Crippen molar-refractivity contribution in [1.82, 2.24) is 0 Å². The van der Waals surface area contributed by atoms with Crippen LogP contribution in [-0.4, -0.2) is 12.6 Å². The fourth-order valence-electron chi connectivity index (χ4n) is 0.692. The molecule has 0 aromatic heterocycles. The highest BCUT2D eigenvalue weighted by Gasteiger charge is 1.90. The van der Waals surface area contributed by atoms with E-state index in [9.17, 15) is 4.79 Å². The van der Waals surface area contributed by atoms with Gasteiger partial charge in [-0.2, -0.15) is 0 Å². The predicted octanol–water partition coefficient (Wildman–Crippen LogP) is 2.30. The largest absolute Gasteiger partial charge is 0.463 e. The van der Waals surface area contributed by atoms with Crippen molar-refractivity contribution in [3.63, 3.8) is 0 Å². The monoisotopic (exact) mass is 156 g/mol. The average Bonchev–Trinajstić information content (AvgIpc) is 1.99. The Balaban J connectivity index is 3.32. The quantitative estimate of drug-likeness (QED) is 0.347. The fourth-order valence-corrected chi connectivity index (χ4v) is 0.692. The highest BCUT2D eigenvalue weighted by Crippen LogP contribution is 1.94. The summed E-state index contributed by atoms with van der Waals surface area (Å²) in [7, 11) is 0. The van der Waals surface area contributed by atoms with E-state index >= 15 is 0 Å². The third kappa shape index (κ3) is 7.10. The van der Waals surface area contributed by atoms with Crippen molar-refractivity contribution in [1.29, 1.82) is 0 Å². The lowest BCUT2D eigenvalue weighted by Gasteiger charge is -1.93. The Hall–Kier alpha value is -0.790. The van der Waals surface area contributed by atoms with E-state index in [2.05, 4.69) is 6.92 Å². The van der Waals surface area contributed by atoms with Gasteiger partial charge in [-0.25, -0.2) is 4.79 Å². The lowest BCUT2D eigenvalue weighted by atomic mass is 10.2. The molecule has 0 rings (SSSR count). The van der Waals surface area contributed by atoms with Gasteiger partial charge in [0.15, 0.2) is 0 Å². The third-order valence-corrected chi connectivity index (χ3v) is 1.26. The Morgan fingerprint density at radius 1 is 1.45 bits per heavy atom. The summed E-state index contributed by atoms with van der Waals surface area (Å²) in [5.74, 6) is -0.233. The van der Waals surface area contributed by atoms with Crippen LogP contribution in [0.25, 0.3) is 0 Å². The zero-order valence-corrected chi connectivity index (χ0v) is 7.30. The summed E-state index contributed by atoms with van der Waals surface area (Å²) in [4.78, 5) is 10.7. The second-order valence-corrected chi connectivity index (χ2v) is 2.30. The number of ether oxygens (including phenoxy) is 1. The van der Waals surface area contributed by atoms with Crippen LogP contribution in [0.1, 0.15) is 33.1 Å². The van der Waals surface area contributed by atoms with Crippen molar-refractivity contribution < 1.29 is 9.53 Å². The average molecular weight is 156 g/mol. The Bertz CT molecular complexity index is 128. The number of unbranched alkanes of at least 4 members (excludes halogenated alkanes) is 2. The van der Waals surface area contributed by atoms with E-state index in [0.29, 0.717) is 6.61 Å². The van der Waals surface area contributed by atoms with Crippen molar-refractivity contribution in [3.05, 3.63) is 12.2 Å². The second-order valence-electron chi connectivity index (χ2n) is 2.30. The van der Waals surface area contributed by atoms with Gasteiger partial charge in [-0.3, -0.25) is 0 Å². The zero-order chi connectivity index (χ0) is 8.53. The molecular formula is C9H16O2. The molecule has 0 bridgehead atoms. The molecule has 0 aliphatic heterocycles. The minimum absolute atomic E-state index is 0.233. The highest BCUT2D eigenvalue weighted by atomic mass is 16.5. The molecule has 0 saturated carbocycles. The molecular weight excluding hydrogens is 140 g/mol.